The molecule has 0 bridgehead atoms. The molecule has 1 unspecified atom stereocenters. The van der Waals surface area contributed by atoms with E-state index in [9.17, 15) is 9.59 Å². The quantitative estimate of drug-likeness (QED) is 0.557. The van der Waals surface area contributed by atoms with Gasteiger partial charge in [0, 0.05) is 36.1 Å². The van der Waals surface area contributed by atoms with Gasteiger partial charge in [0.2, 0.25) is 5.91 Å². The Kier molecular flexibility index (Phi) is 3.97. The van der Waals surface area contributed by atoms with E-state index in [1.54, 1.807) is 19.3 Å². The number of amides is 1. The zero-order chi connectivity index (χ0) is 16.4. The predicted octanol–water partition coefficient (Wildman–Crippen LogP) is 2.04. The van der Waals surface area contributed by atoms with Crippen molar-refractivity contribution in [3.8, 4) is 0 Å². The molecule has 1 aromatic carbocycles. The van der Waals surface area contributed by atoms with Gasteiger partial charge in [-0.3, -0.25) is 4.79 Å². The summed E-state index contributed by atoms with van der Waals surface area (Å²) in [6.07, 6.45) is 3.26. The maximum Gasteiger partial charge on any atom is 0.219 e. The topological polar surface area (TPSA) is 90.0 Å². The van der Waals surface area contributed by atoms with Crippen LogP contribution in [0.15, 0.2) is 36.5 Å². The van der Waals surface area contributed by atoms with Crippen molar-refractivity contribution >= 4 is 39.8 Å². The predicted molar refractivity (Wildman–Crippen MR) is 90.1 cm³/mol. The highest BCUT2D eigenvalue weighted by Crippen LogP contribution is 2.32. The van der Waals surface area contributed by atoms with E-state index < -0.39 is 6.04 Å². The van der Waals surface area contributed by atoms with Crippen LogP contribution in [0.2, 0.25) is 0 Å². The molecule has 2 aromatic heterocycles. The highest BCUT2D eigenvalue weighted by molar-refractivity contribution is 6.08. The fraction of sp³-hybridized carbons (Fsp3) is 0.235. The average Bonchev–Trinajstić information content (AvgIpc) is 2.89. The molecule has 23 heavy (non-hydrogen) atoms. The van der Waals surface area contributed by atoms with Gasteiger partial charge in [-0.05, 0) is 36.8 Å². The van der Waals surface area contributed by atoms with E-state index in [4.69, 9.17) is 5.73 Å². The highest BCUT2D eigenvalue weighted by atomic mass is 16.1. The van der Waals surface area contributed by atoms with E-state index in [0.29, 0.717) is 12.1 Å². The molecule has 0 fully saturated rings. The summed E-state index contributed by atoms with van der Waals surface area (Å²) in [6, 6.07) is 8.94. The molecule has 0 radical (unpaired) electrons. The van der Waals surface area contributed by atoms with Crippen LogP contribution in [-0.2, 0) is 9.59 Å². The smallest absolute Gasteiger partial charge is 0.219 e. The number of nitrogens with zero attached hydrogens (tertiary/aromatic N) is 2. The number of anilines is 1. The van der Waals surface area contributed by atoms with Gasteiger partial charge in [-0.2, -0.15) is 0 Å². The van der Waals surface area contributed by atoms with E-state index in [-0.39, 0.29) is 12.3 Å². The van der Waals surface area contributed by atoms with E-state index in [1.165, 1.54) is 0 Å². The first-order chi connectivity index (χ1) is 11.2. The number of nitrogen functional groups attached to an aromatic ring is 1. The van der Waals surface area contributed by atoms with Crippen LogP contribution in [0.5, 0.6) is 0 Å². The zero-order valence-corrected chi connectivity index (χ0v) is 12.8. The lowest BCUT2D eigenvalue weighted by molar-refractivity contribution is -0.121. The first-order valence-electron chi connectivity index (χ1n) is 7.45. The second-order valence-electron chi connectivity index (χ2n) is 5.44. The van der Waals surface area contributed by atoms with Crippen LogP contribution in [0.4, 0.5) is 5.69 Å². The lowest BCUT2D eigenvalue weighted by Crippen LogP contribution is -2.20. The average molecular weight is 310 g/mol. The zero-order valence-electron chi connectivity index (χ0n) is 12.8. The number of aromatic nitrogens is 2. The molecule has 0 aliphatic heterocycles. The largest absolute Gasteiger partial charge is 0.399 e. The Morgan fingerprint density at radius 2 is 2.22 bits per heavy atom. The number of carbonyl (C=O) groups excluding carboxylic acids is 2. The van der Waals surface area contributed by atoms with Gasteiger partial charge in [0.1, 0.15) is 11.9 Å². The van der Waals surface area contributed by atoms with Crippen molar-refractivity contribution in [3.63, 3.8) is 0 Å². The molecule has 3 aromatic rings. The number of hydrogen-bond donors (Lipinski definition) is 2. The Labute approximate surface area is 133 Å². The number of nitrogens with two attached hydrogens (primary N) is 1. The number of benzene rings is 1. The fourth-order valence-electron chi connectivity index (χ4n) is 2.89. The molecule has 0 saturated heterocycles. The highest BCUT2D eigenvalue weighted by Gasteiger charge is 2.19. The van der Waals surface area contributed by atoms with Crippen molar-refractivity contribution in [3.05, 3.63) is 36.5 Å². The van der Waals surface area contributed by atoms with Crippen LogP contribution >= 0.6 is 0 Å². The maximum atomic E-state index is 11.7. The normalized spacial score (nSPS) is 12.4. The van der Waals surface area contributed by atoms with Gasteiger partial charge in [0.25, 0.3) is 0 Å². The molecule has 0 saturated carbocycles. The van der Waals surface area contributed by atoms with Crippen LogP contribution in [0, 0.1) is 0 Å². The summed E-state index contributed by atoms with van der Waals surface area (Å²) >= 11 is 0. The lowest BCUT2D eigenvalue weighted by atomic mass is 10.1. The number of carbonyl (C=O) groups is 2. The SMILES string of the molecule is CNC(=O)CCC(C=O)n1c2ccc(N)cc2c2cccnc21. The molecular formula is C17H18N4O2. The minimum atomic E-state index is -0.453. The standard InChI is InChI=1S/C17H18N4O2/c1-19-16(23)7-5-12(10-22)21-15-6-4-11(18)9-14(15)13-3-2-8-20-17(13)21/h2-4,6,8-10,12H,5,7,18H2,1H3,(H,19,23). The number of aldehydes is 1. The Morgan fingerprint density at radius 3 is 2.96 bits per heavy atom. The maximum absolute atomic E-state index is 11.7. The number of rotatable bonds is 5. The number of hydrogen-bond acceptors (Lipinski definition) is 4. The molecule has 3 N–H and O–H groups in total. The van der Waals surface area contributed by atoms with Crippen LogP contribution in [0.3, 0.4) is 0 Å². The summed E-state index contributed by atoms with van der Waals surface area (Å²) in [7, 11) is 1.59. The van der Waals surface area contributed by atoms with Gasteiger partial charge in [0.05, 0.1) is 11.6 Å². The molecule has 0 aliphatic carbocycles. The van der Waals surface area contributed by atoms with Crippen LogP contribution in [0.25, 0.3) is 21.9 Å². The van der Waals surface area contributed by atoms with Gasteiger partial charge < -0.3 is 20.4 Å². The third kappa shape index (κ3) is 2.63. The van der Waals surface area contributed by atoms with Crippen molar-refractivity contribution in [2.24, 2.45) is 0 Å². The van der Waals surface area contributed by atoms with Crippen molar-refractivity contribution in [2.75, 3.05) is 12.8 Å². The second-order valence-corrected chi connectivity index (χ2v) is 5.44. The number of fused-ring (bicyclic) bond motifs is 3. The molecule has 6 heteroatoms. The van der Waals surface area contributed by atoms with Gasteiger partial charge >= 0.3 is 0 Å². The molecule has 6 nitrogen and oxygen atoms in total. The van der Waals surface area contributed by atoms with Crippen molar-refractivity contribution in [1.82, 2.24) is 14.9 Å². The van der Waals surface area contributed by atoms with Crippen molar-refractivity contribution < 1.29 is 9.59 Å². The summed E-state index contributed by atoms with van der Waals surface area (Å²) in [6.45, 7) is 0. The second kappa shape index (κ2) is 6.08. The fourth-order valence-corrected chi connectivity index (χ4v) is 2.89. The molecular weight excluding hydrogens is 292 g/mol. The summed E-state index contributed by atoms with van der Waals surface area (Å²) in [5.41, 5.74) is 8.17. The van der Waals surface area contributed by atoms with Gasteiger partial charge in [-0.15, -0.1) is 0 Å². The lowest BCUT2D eigenvalue weighted by Gasteiger charge is -2.14. The molecule has 1 amide bonds. The minimum absolute atomic E-state index is 0.0881. The monoisotopic (exact) mass is 310 g/mol. The summed E-state index contributed by atoms with van der Waals surface area (Å²) in [5, 5.41) is 4.48. The molecule has 1 atom stereocenters. The van der Waals surface area contributed by atoms with Crippen molar-refractivity contribution in [2.45, 2.75) is 18.9 Å². The Hall–Kier alpha value is -2.89. The van der Waals surface area contributed by atoms with E-state index in [1.807, 2.05) is 28.8 Å². The van der Waals surface area contributed by atoms with E-state index in [2.05, 4.69) is 10.3 Å². The Morgan fingerprint density at radius 1 is 1.39 bits per heavy atom. The van der Waals surface area contributed by atoms with Gasteiger partial charge in [0.15, 0.2) is 0 Å². The van der Waals surface area contributed by atoms with Crippen LogP contribution in [-0.4, -0.2) is 28.8 Å². The summed E-state index contributed by atoms with van der Waals surface area (Å²) in [5.74, 6) is -0.0881. The minimum Gasteiger partial charge on any atom is -0.399 e. The molecule has 0 spiro atoms. The number of pyridine rings is 1. The summed E-state index contributed by atoms with van der Waals surface area (Å²) < 4.78 is 1.89. The Bertz CT molecular complexity index is 885. The first kappa shape index (κ1) is 15.0. The molecule has 2 heterocycles. The third-order valence-electron chi connectivity index (χ3n) is 4.02. The molecule has 0 aliphatic rings. The molecule has 3 rings (SSSR count). The van der Waals surface area contributed by atoms with E-state index in [0.717, 1.165) is 28.2 Å². The Balaban J connectivity index is 2.17. The van der Waals surface area contributed by atoms with Crippen LogP contribution < -0.4 is 11.1 Å². The number of nitrogens with one attached hydrogen (secondary N) is 1. The third-order valence-corrected chi connectivity index (χ3v) is 4.02. The van der Waals surface area contributed by atoms with E-state index >= 15 is 0 Å². The summed E-state index contributed by atoms with van der Waals surface area (Å²) in [4.78, 5) is 27.6. The van der Waals surface area contributed by atoms with Gasteiger partial charge in [-0.25, -0.2) is 4.98 Å². The molecule has 118 valence electrons. The van der Waals surface area contributed by atoms with Crippen LogP contribution in [0.1, 0.15) is 18.9 Å². The first-order valence-corrected chi connectivity index (χ1v) is 7.45. The van der Waals surface area contributed by atoms with Gasteiger partial charge in [-0.1, -0.05) is 0 Å². The van der Waals surface area contributed by atoms with Crippen molar-refractivity contribution in [1.29, 1.82) is 0 Å².